The topological polar surface area (TPSA) is 46.3 Å². The van der Waals surface area contributed by atoms with Crippen molar-refractivity contribution in [1.82, 2.24) is 4.98 Å². The van der Waals surface area contributed by atoms with Crippen molar-refractivity contribution in [2.45, 2.75) is 17.4 Å². The van der Waals surface area contributed by atoms with E-state index in [9.17, 15) is 0 Å². The third-order valence-corrected chi connectivity index (χ3v) is 2.76. The number of aliphatic hydroxyl groups is 1. The Morgan fingerprint density at radius 1 is 1.50 bits per heavy atom. The van der Waals surface area contributed by atoms with Crippen LogP contribution < -0.4 is 0 Å². The smallest absolute Gasteiger partial charge is 0.257 e. The minimum atomic E-state index is 0.114. The Morgan fingerprint density at radius 3 is 3.00 bits per heavy atom. The van der Waals surface area contributed by atoms with Crippen molar-refractivity contribution in [3.05, 3.63) is 24.3 Å². The summed E-state index contributed by atoms with van der Waals surface area (Å²) in [5, 5.41) is 9.61. The predicted molar refractivity (Wildman–Crippen MR) is 56.4 cm³/mol. The summed E-state index contributed by atoms with van der Waals surface area (Å²) < 4.78 is 5.48. The third kappa shape index (κ3) is 1.91. The number of rotatable bonds is 3. The molecule has 1 aromatic carbocycles. The second kappa shape index (κ2) is 4.02. The summed E-state index contributed by atoms with van der Waals surface area (Å²) in [6.07, 6.45) is 0. The summed E-state index contributed by atoms with van der Waals surface area (Å²) in [6.45, 7) is 2.06. The van der Waals surface area contributed by atoms with E-state index in [1.54, 1.807) is 0 Å². The van der Waals surface area contributed by atoms with E-state index >= 15 is 0 Å². The van der Waals surface area contributed by atoms with Crippen LogP contribution >= 0.6 is 11.8 Å². The van der Waals surface area contributed by atoms with Crippen molar-refractivity contribution < 1.29 is 9.52 Å². The molecule has 0 spiro atoms. The second-order valence-electron chi connectivity index (χ2n) is 3.06. The Hall–Kier alpha value is -1.00. The lowest BCUT2D eigenvalue weighted by atomic mass is 10.3. The van der Waals surface area contributed by atoms with Crippen molar-refractivity contribution in [3.63, 3.8) is 0 Å². The van der Waals surface area contributed by atoms with Crippen LogP contribution in [0.2, 0.25) is 0 Å². The molecular weight excluding hydrogens is 198 g/mol. The molecule has 0 fully saturated rings. The minimum absolute atomic E-state index is 0.114. The third-order valence-electron chi connectivity index (χ3n) is 1.83. The maximum atomic E-state index is 8.88. The Bertz CT molecular complexity index is 394. The van der Waals surface area contributed by atoms with Crippen molar-refractivity contribution >= 4 is 22.9 Å². The van der Waals surface area contributed by atoms with Gasteiger partial charge in [-0.05, 0) is 12.1 Å². The quantitative estimate of drug-likeness (QED) is 0.788. The predicted octanol–water partition coefficient (Wildman–Crippen LogP) is 2.30. The summed E-state index contributed by atoms with van der Waals surface area (Å²) in [4.78, 5) is 4.29. The molecule has 0 saturated heterocycles. The van der Waals surface area contributed by atoms with Crippen LogP contribution in [-0.4, -0.2) is 21.9 Å². The largest absolute Gasteiger partial charge is 0.431 e. The Labute approximate surface area is 86.1 Å². The molecule has 0 saturated carbocycles. The van der Waals surface area contributed by atoms with Crippen molar-refractivity contribution in [2.75, 3.05) is 6.61 Å². The molecule has 3 nitrogen and oxygen atoms in total. The van der Waals surface area contributed by atoms with Gasteiger partial charge >= 0.3 is 0 Å². The number of nitrogens with zero attached hydrogens (tertiary/aromatic N) is 1. The minimum Gasteiger partial charge on any atom is -0.431 e. The summed E-state index contributed by atoms with van der Waals surface area (Å²) in [6, 6.07) is 7.63. The number of hydrogen-bond donors (Lipinski definition) is 1. The van der Waals surface area contributed by atoms with Crippen LogP contribution in [0.1, 0.15) is 6.92 Å². The van der Waals surface area contributed by atoms with Crippen LogP contribution in [0.25, 0.3) is 11.1 Å². The summed E-state index contributed by atoms with van der Waals surface area (Å²) in [5.74, 6) is 0. The molecule has 0 radical (unpaired) electrons. The highest BCUT2D eigenvalue weighted by Crippen LogP contribution is 2.25. The number of para-hydroxylation sites is 2. The molecule has 2 aromatic rings. The lowest BCUT2D eigenvalue weighted by Crippen LogP contribution is -2.01. The fourth-order valence-electron chi connectivity index (χ4n) is 1.11. The molecule has 1 heterocycles. The van der Waals surface area contributed by atoms with Crippen LogP contribution in [-0.2, 0) is 0 Å². The van der Waals surface area contributed by atoms with Crippen LogP contribution in [0.4, 0.5) is 0 Å². The number of thioether (sulfide) groups is 1. The number of aliphatic hydroxyl groups excluding tert-OH is 1. The summed E-state index contributed by atoms with van der Waals surface area (Å²) in [7, 11) is 0. The van der Waals surface area contributed by atoms with Crippen molar-refractivity contribution in [1.29, 1.82) is 0 Å². The van der Waals surface area contributed by atoms with Gasteiger partial charge in [-0.2, -0.15) is 0 Å². The van der Waals surface area contributed by atoms with Crippen molar-refractivity contribution in [3.8, 4) is 0 Å². The summed E-state index contributed by atoms with van der Waals surface area (Å²) >= 11 is 1.44. The molecule has 1 aromatic heterocycles. The van der Waals surface area contributed by atoms with Gasteiger partial charge in [-0.25, -0.2) is 4.98 Å². The average Bonchev–Trinajstić information content (AvgIpc) is 2.59. The van der Waals surface area contributed by atoms with Gasteiger partial charge in [-0.1, -0.05) is 30.8 Å². The molecule has 2 rings (SSSR count). The maximum Gasteiger partial charge on any atom is 0.257 e. The van der Waals surface area contributed by atoms with E-state index in [-0.39, 0.29) is 11.9 Å². The summed E-state index contributed by atoms with van der Waals surface area (Å²) in [5.41, 5.74) is 1.65. The monoisotopic (exact) mass is 209 g/mol. The zero-order valence-electron chi connectivity index (χ0n) is 7.80. The highest BCUT2D eigenvalue weighted by Gasteiger charge is 2.09. The van der Waals surface area contributed by atoms with Gasteiger partial charge in [0.2, 0.25) is 0 Å². The molecule has 74 valence electrons. The molecule has 0 aliphatic heterocycles. The highest BCUT2D eigenvalue weighted by molar-refractivity contribution is 7.99. The van der Waals surface area contributed by atoms with E-state index in [1.165, 1.54) is 11.8 Å². The second-order valence-corrected chi connectivity index (χ2v) is 4.45. The molecule has 4 heteroatoms. The van der Waals surface area contributed by atoms with Crippen LogP contribution in [0.15, 0.2) is 33.9 Å². The maximum absolute atomic E-state index is 8.88. The van der Waals surface area contributed by atoms with Gasteiger partial charge in [0.05, 0.1) is 6.61 Å². The van der Waals surface area contributed by atoms with Crippen LogP contribution in [0.5, 0.6) is 0 Å². The van der Waals surface area contributed by atoms with E-state index in [0.717, 1.165) is 11.1 Å². The zero-order valence-corrected chi connectivity index (χ0v) is 8.62. The van der Waals surface area contributed by atoms with E-state index in [0.29, 0.717) is 5.22 Å². The molecule has 1 atom stereocenters. The first kappa shape index (κ1) is 9.55. The number of oxazole rings is 1. The zero-order chi connectivity index (χ0) is 9.97. The van der Waals surface area contributed by atoms with Gasteiger partial charge in [-0.3, -0.25) is 0 Å². The van der Waals surface area contributed by atoms with Gasteiger partial charge in [0.25, 0.3) is 5.22 Å². The number of aromatic nitrogens is 1. The first-order chi connectivity index (χ1) is 6.79. The van der Waals surface area contributed by atoms with Crippen molar-refractivity contribution in [2.24, 2.45) is 0 Å². The standard InChI is InChI=1S/C10H11NO2S/c1-7(6-12)14-10-11-8-4-2-3-5-9(8)13-10/h2-5,7,12H,6H2,1H3. The van der Waals surface area contributed by atoms with E-state index < -0.39 is 0 Å². The molecule has 1 unspecified atom stereocenters. The molecule has 0 aliphatic rings. The van der Waals surface area contributed by atoms with E-state index in [1.807, 2.05) is 31.2 Å². The molecule has 1 N–H and O–H groups in total. The number of hydrogen-bond acceptors (Lipinski definition) is 4. The average molecular weight is 209 g/mol. The van der Waals surface area contributed by atoms with E-state index in [2.05, 4.69) is 4.98 Å². The molecule has 0 aliphatic carbocycles. The van der Waals surface area contributed by atoms with E-state index in [4.69, 9.17) is 9.52 Å². The fourth-order valence-corrected chi connectivity index (χ4v) is 1.82. The number of benzene rings is 1. The Kier molecular flexibility index (Phi) is 2.74. The van der Waals surface area contributed by atoms with Crippen LogP contribution in [0.3, 0.4) is 0 Å². The van der Waals surface area contributed by atoms with Gasteiger partial charge < -0.3 is 9.52 Å². The molecule has 0 bridgehead atoms. The SMILES string of the molecule is CC(CO)Sc1nc2ccccc2o1. The Balaban J connectivity index is 2.27. The van der Waals surface area contributed by atoms with Gasteiger partial charge in [-0.15, -0.1) is 0 Å². The Morgan fingerprint density at radius 2 is 2.29 bits per heavy atom. The van der Waals surface area contributed by atoms with Gasteiger partial charge in [0, 0.05) is 5.25 Å². The number of fused-ring (bicyclic) bond motifs is 1. The molecule has 14 heavy (non-hydrogen) atoms. The lowest BCUT2D eigenvalue weighted by molar-refractivity contribution is 0.299. The fraction of sp³-hybridized carbons (Fsp3) is 0.300. The van der Waals surface area contributed by atoms with Gasteiger partial charge in [0.1, 0.15) is 5.52 Å². The van der Waals surface area contributed by atoms with Gasteiger partial charge in [0.15, 0.2) is 5.58 Å². The lowest BCUT2D eigenvalue weighted by Gasteiger charge is -2.01. The first-order valence-corrected chi connectivity index (χ1v) is 5.30. The molecule has 0 amide bonds. The van der Waals surface area contributed by atoms with Crippen LogP contribution in [0, 0.1) is 0 Å². The normalized spacial score (nSPS) is 13.3. The first-order valence-electron chi connectivity index (χ1n) is 4.42. The molecular formula is C10H11NO2S. The highest BCUT2D eigenvalue weighted by atomic mass is 32.2.